The number of nitrogens with zero attached hydrogens (tertiary/aromatic N) is 3. The minimum absolute atomic E-state index is 0.505. The molecule has 0 aromatic carbocycles. The van der Waals surface area contributed by atoms with Gasteiger partial charge in [0, 0.05) is 28.5 Å². The first-order chi connectivity index (χ1) is 8.24. The number of imidazole rings is 1. The lowest BCUT2D eigenvalue weighted by Crippen LogP contribution is -1.91. The van der Waals surface area contributed by atoms with Gasteiger partial charge in [-0.1, -0.05) is 0 Å². The topological polar surface area (TPSA) is 30.2 Å². The summed E-state index contributed by atoms with van der Waals surface area (Å²) in [7, 11) is 0. The highest BCUT2D eigenvalue weighted by molar-refractivity contribution is 9.10. The highest BCUT2D eigenvalue weighted by atomic mass is 79.9. The number of pyridine rings is 2. The highest BCUT2D eigenvalue weighted by Gasteiger charge is 2.07. The summed E-state index contributed by atoms with van der Waals surface area (Å²) in [5, 5.41) is 0. The molecule has 0 aliphatic rings. The lowest BCUT2D eigenvalue weighted by Gasteiger charge is -2.01. The Morgan fingerprint density at radius 3 is 2.88 bits per heavy atom. The molecule has 3 heterocycles. The minimum Gasteiger partial charge on any atom is -0.299 e. The molecule has 3 nitrogen and oxygen atoms in total. The summed E-state index contributed by atoms with van der Waals surface area (Å²) in [6.45, 7) is 0. The number of fused-ring (bicyclic) bond motifs is 1. The zero-order chi connectivity index (χ0) is 11.8. The smallest absolute Gasteiger partial charge is 0.213 e. The van der Waals surface area contributed by atoms with E-state index in [1.54, 1.807) is 12.3 Å². The fourth-order valence-corrected chi connectivity index (χ4v) is 2.06. The fraction of sp³-hybridized carbons (Fsp3) is 0. The van der Waals surface area contributed by atoms with Crippen molar-refractivity contribution in [3.63, 3.8) is 0 Å². The first kappa shape index (κ1) is 10.4. The molecule has 0 fully saturated rings. The van der Waals surface area contributed by atoms with E-state index in [9.17, 15) is 4.39 Å². The lowest BCUT2D eigenvalue weighted by atomic mass is 10.2. The van der Waals surface area contributed by atoms with Crippen LogP contribution in [0.5, 0.6) is 0 Å². The summed E-state index contributed by atoms with van der Waals surface area (Å²) in [5.41, 5.74) is 1.66. The van der Waals surface area contributed by atoms with Crippen LogP contribution in [-0.2, 0) is 0 Å². The Bertz CT molecular complexity index is 693. The second-order valence-electron chi connectivity index (χ2n) is 3.59. The second kappa shape index (κ2) is 3.92. The predicted octanol–water partition coefficient (Wildman–Crippen LogP) is 3.30. The van der Waals surface area contributed by atoms with E-state index >= 15 is 0 Å². The van der Waals surface area contributed by atoms with Gasteiger partial charge in [-0.2, -0.15) is 4.39 Å². The van der Waals surface area contributed by atoms with Gasteiger partial charge in [0.25, 0.3) is 0 Å². The van der Waals surface area contributed by atoms with E-state index in [1.807, 2.05) is 22.7 Å². The predicted molar refractivity (Wildman–Crippen MR) is 66.1 cm³/mol. The molecule has 3 rings (SSSR count). The Kier molecular flexibility index (Phi) is 2.40. The summed E-state index contributed by atoms with van der Waals surface area (Å²) >= 11 is 3.40. The van der Waals surface area contributed by atoms with Crippen molar-refractivity contribution in [1.29, 1.82) is 0 Å². The van der Waals surface area contributed by atoms with Crippen LogP contribution in [-0.4, -0.2) is 14.4 Å². The van der Waals surface area contributed by atoms with Gasteiger partial charge < -0.3 is 0 Å². The third-order valence-electron chi connectivity index (χ3n) is 2.48. The van der Waals surface area contributed by atoms with Gasteiger partial charge in [0.1, 0.15) is 5.82 Å². The Balaban J connectivity index is 2.27. The van der Waals surface area contributed by atoms with Gasteiger partial charge in [-0.25, -0.2) is 9.97 Å². The van der Waals surface area contributed by atoms with Crippen LogP contribution in [0.2, 0.25) is 0 Å². The summed E-state index contributed by atoms with van der Waals surface area (Å²) in [5.74, 6) is 0.192. The maximum Gasteiger partial charge on any atom is 0.213 e. The van der Waals surface area contributed by atoms with Crippen molar-refractivity contribution < 1.29 is 4.39 Å². The third-order valence-corrected chi connectivity index (χ3v) is 2.95. The van der Waals surface area contributed by atoms with Crippen molar-refractivity contribution in [1.82, 2.24) is 14.4 Å². The van der Waals surface area contributed by atoms with E-state index in [2.05, 4.69) is 25.9 Å². The number of hydrogen-bond acceptors (Lipinski definition) is 2. The molecule has 0 amide bonds. The van der Waals surface area contributed by atoms with Crippen molar-refractivity contribution in [2.45, 2.75) is 0 Å². The molecule has 0 saturated heterocycles. The van der Waals surface area contributed by atoms with Gasteiger partial charge in [0.2, 0.25) is 5.95 Å². The molecule has 0 atom stereocenters. The van der Waals surface area contributed by atoms with Crippen LogP contribution in [0.4, 0.5) is 4.39 Å². The van der Waals surface area contributed by atoms with E-state index in [0.29, 0.717) is 11.4 Å². The molecular formula is C12H7BrFN3. The fourth-order valence-electron chi connectivity index (χ4n) is 1.72. The third kappa shape index (κ3) is 1.82. The van der Waals surface area contributed by atoms with Crippen molar-refractivity contribution in [2.75, 3.05) is 0 Å². The average molecular weight is 292 g/mol. The molecule has 0 spiro atoms. The zero-order valence-corrected chi connectivity index (χ0v) is 10.2. The SMILES string of the molecule is Fc1cc(-c2ncc3ccc(Br)cn23)ccn1. The Morgan fingerprint density at radius 2 is 2.06 bits per heavy atom. The van der Waals surface area contributed by atoms with Crippen molar-refractivity contribution in [2.24, 2.45) is 0 Å². The summed E-state index contributed by atoms with van der Waals surface area (Å²) in [6, 6.07) is 6.99. The van der Waals surface area contributed by atoms with Crippen LogP contribution >= 0.6 is 15.9 Å². The van der Waals surface area contributed by atoms with Crippen LogP contribution in [0, 0.1) is 5.95 Å². The minimum atomic E-state index is -0.505. The number of halogens is 2. The summed E-state index contributed by atoms with van der Waals surface area (Å²) in [4.78, 5) is 7.83. The molecule has 84 valence electrons. The quantitative estimate of drug-likeness (QED) is 0.644. The normalized spacial score (nSPS) is 10.9. The number of rotatable bonds is 1. The molecule has 0 radical (unpaired) electrons. The molecule has 0 aliphatic carbocycles. The van der Waals surface area contributed by atoms with Crippen LogP contribution < -0.4 is 0 Å². The summed E-state index contributed by atoms with van der Waals surface area (Å²) in [6.07, 6.45) is 5.08. The summed E-state index contributed by atoms with van der Waals surface area (Å²) < 4.78 is 15.9. The zero-order valence-electron chi connectivity index (χ0n) is 8.64. The maximum atomic E-state index is 13.1. The maximum absolute atomic E-state index is 13.1. The second-order valence-corrected chi connectivity index (χ2v) is 4.51. The van der Waals surface area contributed by atoms with E-state index in [1.165, 1.54) is 12.3 Å². The molecule has 0 N–H and O–H groups in total. The van der Waals surface area contributed by atoms with E-state index < -0.39 is 5.95 Å². The highest BCUT2D eigenvalue weighted by Crippen LogP contribution is 2.21. The van der Waals surface area contributed by atoms with Crippen molar-refractivity contribution in [3.05, 3.63) is 53.3 Å². The van der Waals surface area contributed by atoms with Crippen LogP contribution in [0.15, 0.2) is 47.3 Å². The van der Waals surface area contributed by atoms with Gasteiger partial charge in [-0.05, 0) is 34.1 Å². The molecule has 17 heavy (non-hydrogen) atoms. The average Bonchev–Trinajstić information content (AvgIpc) is 2.71. The Labute approximate surface area is 105 Å². The number of aromatic nitrogens is 3. The standard InChI is InChI=1S/C12H7BrFN3/c13-9-1-2-10-6-16-12(17(10)7-9)8-3-4-15-11(14)5-8/h1-7H. The molecule has 3 aromatic rings. The van der Waals surface area contributed by atoms with Crippen molar-refractivity contribution in [3.8, 4) is 11.4 Å². The first-order valence-electron chi connectivity index (χ1n) is 4.98. The molecular weight excluding hydrogens is 285 g/mol. The van der Waals surface area contributed by atoms with Crippen LogP contribution in [0.25, 0.3) is 16.9 Å². The molecule has 5 heteroatoms. The monoisotopic (exact) mass is 291 g/mol. The molecule has 0 bridgehead atoms. The van der Waals surface area contributed by atoms with E-state index in [0.717, 1.165) is 9.99 Å². The lowest BCUT2D eigenvalue weighted by molar-refractivity contribution is 0.584. The number of hydrogen-bond donors (Lipinski definition) is 0. The first-order valence-corrected chi connectivity index (χ1v) is 5.78. The molecule has 0 unspecified atom stereocenters. The van der Waals surface area contributed by atoms with Gasteiger partial charge in [0.15, 0.2) is 0 Å². The van der Waals surface area contributed by atoms with Gasteiger partial charge >= 0.3 is 0 Å². The molecule has 0 aliphatic heterocycles. The van der Waals surface area contributed by atoms with E-state index in [-0.39, 0.29) is 0 Å². The van der Waals surface area contributed by atoms with Gasteiger partial charge in [-0.15, -0.1) is 0 Å². The van der Waals surface area contributed by atoms with Crippen LogP contribution in [0.1, 0.15) is 0 Å². The van der Waals surface area contributed by atoms with Crippen molar-refractivity contribution >= 4 is 21.4 Å². The molecule has 3 aromatic heterocycles. The van der Waals surface area contributed by atoms with Gasteiger partial charge in [-0.3, -0.25) is 4.40 Å². The van der Waals surface area contributed by atoms with E-state index in [4.69, 9.17) is 0 Å². The molecule has 0 saturated carbocycles. The Hall–Kier alpha value is -1.75. The largest absolute Gasteiger partial charge is 0.299 e. The van der Waals surface area contributed by atoms with Crippen LogP contribution in [0.3, 0.4) is 0 Å². The Morgan fingerprint density at radius 1 is 1.18 bits per heavy atom. The van der Waals surface area contributed by atoms with Gasteiger partial charge in [0.05, 0.1) is 11.7 Å².